The molecule has 0 spiro atoms. The molecule has 9 N–H and O–H groups in total. The predicted molar refractivity (Wildman–Crippen MR) is 170 cm³/mol. The van der Waals surface area contributed by atoms with Crippen LogP contribution in [0.3, 0.4) is 0 Å². The fourth-order valence-electron chi connectivity index (χ4n) is 7.34. The van der Waals surface area contributed by atoms with E-state index >= 15 is 0 Å². The predicted octanol–water partition coefficient (Wildman–Crippen LogP) is 1.43. The number of carboxylic acids is 2. The van der Waals surface area contributed by atoms with Crippen LogP contribution in [0, 0.1) is 0 Å². The van der Waals surface area contributed by atoms with Gasteiger partial charge in [0.05, 0.1) is 40.0 Å². The van der Waals surface area contributed by atoms with Crippen molar-refractivity contribution >= 4 is 23.5 Å². The summed E-state index contributed by atoms with van der Waals surface area (Å²) in [5.74, 6) is -9.35. The van der Waals surface area contributed by atoms with Crippen molar-refractivity contribution in [2.75, 3.05) is 6.61 Å². The molecule has 262 valence electrons. The number of carboxylic acid groups (broad SMARTS) is 2. The van der Waals surface area contributed by atoms with Gasteiger partial charge in [-0.2, -0.15) is 0 Å². The van der Waals surface area contributed by atoms with Crippen molar-refractivity contribution in [1.29, 1.82) is 0 Å². The summed E-state index contributed by atoms with van der Waals surface area (Å²) >= 11 is 0. The summed E-state index contributed by atoms with van der Waals surface area (Å²) in [7, 11) is 0. The Hall–Kier alpha value is -5.84. The smallest absolute Gasteiger partial charge is 0.335 e. The number of benzene rings is 4. The van der Waals surface area contributed by atoms with Crippen molar-refractivity contribution in [1.82, 2.24) is 0 Å². The van der Waals surface area contributed by atoms with Gasteiger partial charge >= 0.3 is 11.9 Å². The lowest BCUT2D eigenvalue weighted by molar-refractivity contribution is -0.277. The molecule has 0 saturated carbocycles. The molecule has 4 aromatic carbocycles. The number of aliphatic hydroxyl groups is 4. The molecule has 0 amide bonds. The fraction of sp³-hybridized carbons (Fsp3) is 0.222. The zero-order valence-electron chi connectivity index (χ0n) is 26.0. The molecule has 15 nitrogen and oxygen atoms in total. The second-order valence-electron chi connectivity index (χ2n) is 12.4. The third-order valence-corrected chi connectivity index (χ3v) is 9.60. The number of ether oxygens (including phenoxy) is 2. The number of aromatic hydroxyl groups is 3. The van der Waals surface area contributed by atoms with E-state index in [0.29, 0.717) is 0 Å². The minimum atomic E-state index is -1.88. The largest absolute Gasteiger partial charge is 0.507 e. The molecule has 51 heavy (non-hydrogen) atoms. The summed E-state index contributed by atoms with van der Waals surface area (Å²) in [6, 6.07) is 12.3. The third kappa shape index (κ3) is 5.09. The van der Waals surface area contributed by atoms with Crippen molar-refractivity contribution in [2.24, 2.45) is 0 Å². The van der Waals surface area contributed by atoms with Gasteiger partial charge in [-0.15, -0.1) is 0 Å². The first kappa shape index (κ1) is 33.6. The van der Waals surface area contributed by atoms with E-state index in [0.717, 1.165) is 24.3 Å². The molecule has 1 heterocycles. The van der Waals surface area contributed by atoms with Crippen LogP contribution in [-0.2, 0) is 4.74 Å². The van der Waals surface area contributed by atoms with Crippen LogP contribution in [0.25, 0.3) is 0 Å². The second kappa shape index (κ2) is 12.2. The first-order valence-corrected chi connectivity index (χ1v) is 15.5. The highest BCUT2D eigenvalue weighted by Crippen LogP contribution is 2.56. The van der Waals surface area contributed by atoms with Gasteiger partial charge in [0.2, 0.25) is 17.9 Å². The number of phenols is 3. The Morgan fingerprint density at radius 1 is 0.627 bits per heavy atom. The van der Waals surface area contributed by atoms with Crippen LogP contribution in [0.1, 0.15) is 86.6 Å². The number of fused-ring (bicyclic) bond motifs is 4. The Morgan fingerprint density at radius 2 is 1.12 bits per heavy atom. The van der Waals surface area contributed by atoms with Crippen molar-refractivity contribution in [2.45, 2.75) is 42.5 Å². The van der Waals surface area contributed by atoms with Crippen LogP contribution in [0.2, 0.25) is 0 Å². The molecule has 4 aromatic rings. The molecule has 1 aliphatic heterocycles. The van der Waals surface area contributed by atoms with Crippen LogP contribution < -0.4 is 4.74 Å². The molecule has 0 unspecified atom stereocenters. The number of hydrogen-bond donors (Lipinski definition) is 9. The number of phenolic OH excluding ortho intramolecular Hbond substituents is 3. The summed E-state index contributed by atoms with van der Waals surface area (Å²) in [5, 5.41) is 94.1. The molecule has 1 fully saturated rings. The lowest BCUT2D eigenvalue weighted by Gasteiger charge is -2.41. The van der Waals surface area contributed by atoms with Gasteiger partial charge in [-0.3, -0.25) is 9.59 Å². The Bertz CT molecular complexity index is 2170. The van der Waals surface area contributed by atoms with Crippen molar-refractivity contribution < 1.29 is 74.6 Å². The average molecular weight is 701 g/mol. The molecule has 0 aromatic heterocycles. The lowest BCUT2D eigenvalue weighted by Crippen LogP contribution is -2.60. The number of aromatic carboxylic acids is 2. The highest BCUT2D eigenvalue weighted by Gasteiger charge is 2.48. The maximum absolute atomic E-state index is 14.4. The van der Waals surface area contributed by atoms with E-state index in [1.54, 1.807) is 0 Å². The summed E-state index contributed by atoms with van der Waals surface area (Å²) in [5.41, 5.74) is -1.98. The molecule has 0 radical (unpaired) electrons. The second-order valence-corrected chi connectivity index (χ2v) is 12.4. The number of rotatable bonds is 6. The summed E-state index contributed by atoms with van der Waals surface area (Å²) in [4.78, 5) is 52.6. The van der Waals surface area contributed by atoms with E-state index in [4.69, 9.17) is 9.47 Å². The summed E-state index contributed by atoms with van der Waals surface area (Å²) < 4.78 is 11.4. The summed E-state index contributed by atoms with van der Waals surface area (Å²) in [6.07, 6.45) is -8.55. The Morgan fingerprint density at radius 3 is 1.65 bits per heavy atom. The van der Waals surface area contributed by atoms with E-state index in [1.807, 2.05) is 0 Å². The highest BCUT2D eigenvalue weighted by atomic mass is 16.7. The normalized spacial score (nSPS) is 24.9. The van der Waals surface area contributed by atoms with E-state index in [-0.39, 0.29) is 50.3 Å². The van der Waals surface area contributed by atoms with Crippen LogP contribution in [0.15, 0.2) is 60.7 Å². The fourth-order valence-corrected chi connectivity index (χ4v) is 7.34. The maximum Gasteiger partial charge on any atom is 0.335 e. The van der Waals surface area contributed by atoms with E-state index < -0.39 is 101 Å². The van der Waals surface area contributed by atoms with Crippen molar-refractivity contribution in [3.05, 3.63) is 116 Å². The van der Waals surface area contributed by atoms with Crippen molar-refractivity contribution in [3.63, 3.8) is 0 Å². The first-order valence-electron chi connectivity index (χ1n) is 15.5. The molecule has 2 aliphatic carbocycles. The molecule has 15 heteroatoms. The first-order chi connectivity index (χ1) is 24.2. The average Bonchev–Trinajstić information content (AvgIpc) is 3.08. The Labute approximate surface area is 286 Å². The number of carbonyl (C=O) groups excluding carboxylic acids is 2. The van der Waals surface area contributed by atoms with E-state index in [9.17, 15) is 65.1 Å². The summed E-state index contributed by atoms with van der Waals surface area (Å²) in [6.45, 7) is -0.775. The SMILES string of the molecule is O=C(O)c1cc(O)c2c(c1)[C@H]([C@H]1c3cc(C(=O)O)cc(O)c3C(=O)c3c(O[C@H]4O[C@@H](CO)[C@@H](O)[C@@H](O)[C@@H]4O)cccc31)c1cccc(O)c1C2=O. The van der Waals surface area contributed by atoms with Gasteiger partial charge in [-0.05, 0) is 58.7 Å². The minimum Gasteiger partial charge on any atom is -0.507 e. The van der Waals surface area contributed by atoms with E-state index in [2.05, 4.69) is 0 Å². The van der Waals surface area contributed by atoms with E-state index in [1.165, 1.54) is 36.4 Å². The van der Waals surface area contributed by atoms with Gasteiger partial charge in [-0.1, -0.05) is 24.3 Å². The van der Waals surface area contributed by atoms with Gasteiger partial charge in [0.1, 0.15) is 47.4 Å². The number of carbonyl (C=O) groups is 4. The zero-order valence-corrected chi connectivity index (χ0v) is 26.0. The molecule has 7 atom stereocenters. The van der Waals surface area contributed by atoms with Gasteiger partial charge in [0.25, 0.3) is 0 Å². The number of ketones is 2. The van der Waals surface area contributed by atoms with Gasteiger partial charge in [-0.25, -0.2) is 9.59 Å². The standard InChI is InChI=1S/C36H28O15/c37-11-22-29(41)32(44)33(45)36(51-22)50-21-6-2-4-15-24(17-8-13(35(48)49)10-20(40)27(17)31(43)28(15)21)23-14-3-1-5-18(38)25(14)30(42)26-16(23)7-12(34(46)47)9-19(26)39/h1-10,22-24,29,32-33,36-41,44-45H,11H2,(H,46,47)(H,48,49)/t22-,23+,24+,29+,32+,33-,36-/m0/s1. The Balaban J connectivity index is 1.52. The van der Waals surface area contributed by atoms with Crippen molar-refractivity contribution in [3.8, 4) is 23.0 Å². The van der Waals surface area contributed by atoms with Gasteiger partial charge in [0, 0.05) is 11.8 Å². The van der Waals surface area contributed by atoms with Crippen LogP contribution in [0.4, 0.5) is 0 Å². The molecular weight excluding hydrogens is 672 g/mol. The maximum atomic E-state index is 14.4. The molecule has 3 aliphatic rings. The number of hydrogen-bond acceptors (Lipinski definition) is 13. The quantitative estimate of drug-likeness (QED) is 0.138. The van der Waals surface area contributed by atoms with Gasteiger partial charge in [0.15, 0.2) is 0 Å². The van der Waals surface area contributed by atoms with Crippen LogP contribution >= 0.6 is 0 Å². The van der Waals surface area contributed by atoms with Gasteiger partial charge < -0.3 is 55.4 Å². The molecular formula is C36H28O15. The topological polar surface area (TPSA) is 269 Å². The minimum absolute atomic E-state index is 0.0489. The monoisotopic (exact) mass is 700 g/mol. The van der Waals surface area contributed by atoms with Crippen LogP contribution in [0.5, 0.6) is 23.0 Å². The molecule has 7 rings (SSSR count). The van der Waals surface area contributed by atoms with Crippen LogP contribution in [-0.4, -0.2) is 107 Å². The lowest BCUT2D eigenvalue weighted by atomic mass is 9.63. The highest BCUT2D eigenvalue weighted by molar-refractivity contribution is 6.18. The third-order valence-electron chi connectivity index (χ3n) is 9.60. The molecule has 0 bridgehead atoms. The zero-order chi connectivity index (χ0) is 36.6. The Kier molecular flexibility index (Phi) is 8.04. The molecule has 1 saturated heterocycles. The number of aliphatic hydroxyl groups excluding tert-OH is 4.